The van der Waals surface area contributed by atoms with Gasteiger partial charge < -0.3 is 15.7 Å². The third kappa shape index (κ3) is 4.58. The zero-order valence-electron chi connectivity index (χ0n) is 14.5. The van der Waals surface area contributed by atoms with Crippen LogP contribution in [-0.4, -0.2) is 40.5 Å². The van der Waals surface area contributed by atoms with E-state index in [4.69, 9.17) is 12.2 Å². The molecule has 3 N–H and O–H groups in total. The number of pyridine rings is 1. The Kier molecular flexibility index (Phi) is 5.68. The van der Waals surface area contributed by atoms with Crippen LogP contribution in [0.4, 0.5) is 26.3 Å². The second-order valence-electron chi connectivity index (χ2n) is 6.26. The standard InChI is InChI=1S/C17H14F6N4OS/c18-16(19,20)10-3-1-2-8-9(4-13(17(21,22)23)27-14(8)10)12(28)6-25-15(29)11-5-24-7-26-11/h1-4,7,11-12,28H,5-6H2,(H,24,26)(H,25,29). The number of aromatic nitrogens is 1. The molecule has 0 bridgehead atoms. The van der Waals surface area contributed by atoms with E-state index in [-0.39, 0.29) is 22.5 Å². The first-order valence-electron chi connectivity index (χ1n) is 8.27. The smallest absolute Gasteiger partial charge is 0.387 e. The third-order valence-electron chi connectivity index (χ3n) is 4.26. The lowest BCUT2D eigenvalue weighted by molar-refractivity contribution is -0.142. The van der Waals surface area contributed by atoms with Gasteiger partial charge in [-0.25, -0.2) is 4.98 Å². The molecule has 1 aromatic carbocycles. The van der Waals surface area contributed by atoms with Gasteiger partial charge in [0.25, 0.3) is 0 Å². The predicted octanol–water partition coefficient (Wildman–Crippen LogP) is 3.22. The summed E-state index contributed by atoms with van der Waals surface area (Å²) in [5, 5.41) is 15.7. The number of hydrogen-bond acceptors (Lipinski definition) is 5. The molecule has 12 heteroatoms. The molecular formula is C17H14F6N4OS. The van der Waals surface area contributed by atoms with Gasteiger partial charge in [0.2, 0.25) is 0 Å². The molecule has 2 unspecified atom stereocenters. The molecule has 0 saturated carbocycles. The van der Waals surface area contributed by atoms with Crippen molar-refractivity contribution in [1.82, 2.24) is 15.6 Å². The number of fused-ring (bicyclic) bond motifs is 1. The van der Waals surface area contributed by atoms with E-state index in [1.807, 2.05) is 0 Å². The van der Waals surface area contributed by atoms with Crippen LogP contribution >= 0.6 is 12.2 Å². The topological polar surface area (TPSA) is 69.5 Å². The van der Waals surface area contributed by atoms with Crippen molar-refractivity contribution in [2.45, 2.75) is 24.5 Å². The van der Waals surface area contributed by atoms with E-state index in [0.717, 1.165) is 6.07 Å². The zero-order chi connectivity index (χ0) is 21.4. The Bertz CT molecular complexity index is 959. The molecular weight excluding hydrogens is 422 g/mol. The quantitative estimate of drug-likeness (QED) is 0.507. The molecule has 1 aliphatic rings. The monoisotopic (exact) mass is 436 g/mol. The van der Waals surface area contributed by atoms with E-state index in [2.05, 4.69) is 20.6 Å². The highest BCUT2D eigenvalue weighted by atomic mass is 32.1. The summed E-state index contributed by atoms with van der Waals surface area (Å²) >= 11 is 5.12. The average Bonchev–Trinajstić information content (AvgIpc) is 3.17. The van der Waals surface area contributed by atoms with Crippen molar-refractivity contribution in [2.75, 3.05) is 13.1 Å². The molecule has 0 fully saturated rings. The van der Waals surface area contributed by atoms with Gasteiger partial charge in [-0.05, 0) is 17.7 Å². The molecule has 1 aliphatic heterocycles. The van der Waals surface area contributed by atoms with Gasteiger partial charge in [0, 0.05) is 18.5 Å². The van der Waals surface area contributed by atoms with Crippen LogP contribution in [0.25, 0.3) is 10.9 Å². The maximum atomic E-state index is 13.3. The minimum Gasteiger partial charge on any atom is -0.387 e. The maximum Gasteiger partial charge on any atom is 0.433 e. The Morgan fingerprint density at radius 3 is 2.55 bits per heavy atom. The highest BCUT2D eigenvalue weighted by Crippen LogP contribution is 2.38. The van der Waals surface area contributed by atoms with Gasteiger partial charge in [0.1, 0.15) is 16.7 Å². The lowest BCUT2D eigenvalue weighted by Gasteiger charge is -2.20. The van der Waals surface area contributed by atoms with Gasteiger partial charge in [-0.3, -0.25) is 4.99 Å². The van der Waals surface area contributed by atoms with Gasteiger partial charge in [0.05, 0.1) is 23.5 Å². The molecule has 2 heterocycles. The summed E-state index contributed by atoms with van der Waals surface area (Å²) in [5.41, 5.74) is -4.06. The van der Waals surface area contributed by atoms with Crippen molar-refractivity contribution in [3.8, 4) is 0 Å². The van der Waals surface area contributed by atoms with Gasteiger partial charge in [-0.2, -0.15) is 26.3 Å². The fourth-order valence-electron chi connectivity index (χ4n) is 2.87. The van der Waals surface area contributed by atoms with Crippen LogP contribution in [0.1, 0.15) is 22.9 Å². The Hall–Kier alpha value is -2.47. The fraction of sp³-hybridized carbons (Fsp3) is 0.353. The third-order valence-corrected chi connectivity index (χ3v) is 4.67. The zero-order valence-corrected chi connectivity index (χ0v) is 15.3. The van der Waals surface area contributed by atoms with E-state index in [0.29, 0.717) is 18.7 Å². The van der Waals surface area contributed by atoms with Gasteiger partial charge in [0.15, 0.2) is 0 Å². The number of hydrogen-bond donors (Lipinski definition) is 3. The van der Waals surface area contributed by atoms with E-state index < -0.39 is 41.3 Å². The molecule has 3 rings (SSSR count). The first-order chi connectivity index (χ1) is 13.5. The summed E-state index contributed by atoms with van der Waals surface area (Å²) in [4.78, 5) is 7.45. The number of nitrogens with one attached hydrogen (secondary N) is 2. The molecule has 1 aromatic heterocycles. The van der Waals surface area contributed by atoms with E-state index in [1.165, 1.54) is 12.4 Å². The van der Waals surface area contributed by atoms with E-state index in [1.54, 1.807) is 0 Å². The summed E-state index contributed by atoms with van der Waals surface area (Å²) in [5.74, 6) is 0. The number of para-hydroxylation sites is 1. The van der Waals surface area contributed by atoms with Gasteiger partial charge in [-0.15, -0.1) is 0 Å². The lowest BCUT2D eigenvalue weighted by atomic mass is 9.99. The second kappa shape index (κ2) is 7.75. The van der Waals surface area contributed by atoms with Crippen molar-refractivity contribution < 1.29 is 31.4 Å². The van der Waals surface area contributed by atoms with Gasteiger partial charge in [-0.1, -0.05) is 24.4 Å². The second-order valence-corrected chi connectivity index (χ2v) is 6.70. The predicted molar refractivity (Wildman–Crippen MR) is 97.6 cm³/mol. The van der Waals surface area contributed by atoms with Crippen LogP contribution in [0.2, 0.25) is 0 Å². The molecule has 156 valence electrons. The van der Waals surface area contributed by atoms with E-state index >= 15 is 0 Å². The number of halogens is 6. The van der Waals surface area contributed by atoms with Crippen molar-refractivity contribution in [3.05, 3.63) is 41.1 Å². The van der Waals surface area contributed by atoms with Crippen molar-refractivity contribution in [2.24, 2.45) is 4.99 Å². The summed E-state index contributed by atoms with van der Waals surface area (Å²) < 4.78 is 79.5. The van der Waals surface area contributed by atoms with Gasteiger partial charge >= 0.3 is 12.4 Å². The maximum absolute atomic E-state index is 13.3. The number of nitrogens with zero attached hydrogens (tertiary/aromatic N) is 2. The van der Waals surface area contributed by atoms with Crippen molar-refractivity contribution in [3.63, 3.8) is 0 Å². The first kappa shape index (κ1) is 21.2. The molecule has 29 heavy (non-hydrogen) atoms. The van der Waals surface area contributed by atoms with Crippen LogP contribution < -0.4 is 10.6 Å². The average molecular weight is 436 g/mol. The number of benzene rings is 1. The number of thiocarbonyl (C=S) groups is 1. The van der Waals surface area contributed by atoms with Crippen LogP contribution in [0.15, 0.2) is 29.3 Å². The molecule has 5 nitrogen and oxygen atoms in total. The number of rotatable bonds is 4. The Morgan fingerprint density at radius 1 is 1.24 bits per heavy atom. The number of alkyl halides is 6. The Balaban J connectivity index is 2.01. The molecule has 0 aliphatic carbocycles. The van der Waals surface area contributed by atoms with Crippen LogP contribution in [0.3, 0.4) is 0 Å². The fourth-order valence-corrected chi connectivity index (χ4v) is 3.10. The van der Waals surface area contributed by atoms with Crippen LogP contribution in [-0.2, 0) is 12.4 Å². The Morgan fingerprint density at radius 2 is 1.97 bits per heavy atom. The summed E-state index contributed by atoms with van der Waals surface area (Å²) in [7, 11) is 0. The number of aliphatic hydroxyl groups excluding tert-OH is 1. The number of aliphatic imine (C=N–C) groups is 1. The highest BCUT2D eigenvalue weighted by Gasteiger charge is 2.38. The largest absolute Gasteiger partial charge is 0.433 e. The molecule has 0 amide bonds. The van der Waals surface area contributed by atoms with Crippen LogP contribution in [0, 0.1) is 0 Å². The molecule has 2 atom stereocenters. The van der Waals surface area contributed by atoms with E-state index in [9.17, 15) is 31.4 Å². The van der Waals surface area contributed by atoms with Crippen LogP contribution in [0.5, 0.6) is 0 Å². The highest BCUT2D eigenvalue weighted by molar-refractivity contribution is 7.80. The Labute approximate surface area is 165 Å². The summed E-state index contributed by atoms with van der Waals surface area (Å²) in [6.07, 6.45) is -10.0. The van der Waals surface area contributed by atoms with Crippen molar-refractivity contribution in [1.29, 1.82) is 0 Å². The molecule has 0 saturated heterocycles. The molecule has 0 spiro atoms. The molecule has 0 radical (unpaired) electrons. The lowest BCUT2D eigenvalue weighted by Crippen LogP contribution is -2.36. The first-order valence-corrected chi connectivity index (χ1v) is 8.68. The summed E-state index contributed by atoms with van der Waals surface area (Å²) in [6, 6.07) is 3.03. The number of aliphatic hydroxyl groups is 1. The normalized spacial score (nSPS) is 18.0. The minimum absolute atomic E-state index is 0.228. The summed E-state index contributed by atoms with van der Waals surface area (Å²) in [6.45, 7) is 0.116. The molecule has 2 aromatic rings. The minimum atomic E-state index is -4.99. The SMILES string of the molecule is OC(CNC(=S)C1CNC=N1)c1cc(C(F)(F)F)nc2c(C(F)(F)F)cccc12. The van der Waals surface area contributed by atoms with Crippen molar-refractivity contribution >= 4 is 34.4 Å².